The average Bonchev–Trinajstić information content (AvgIpc) is 3.29. The zero-order valence-corrected chi connectivity index (χ0v) is 12.6. The van der Waals surface area contributed by atoms with Gasteiger partial charge in [0.15, 0.2) is 0 Å². The fourth-order valence-corrected chi connectivity index (χ4v) is 2.68. The summed E-state index contributed by atoms with van der Waals surface area (Å²) in [5, 5.41) is 3.47. The number of anilines is 2. The molecule has 21 heavy (non-hydrogen) atoms. The van der Waals surface area contributed by atoms with E-state index in [1.165, 1.54) is 18.9 Å². The SMILES string of the molecule is Cc1ccccc1N(C)c1c(F)cccc1CNC1CC1. The minimum absolute atomic E-state index is 0.171. The Labute approximate surface area is 125 Å². The monoisotopic (exact) mass is 284 g/mol. The van der Waals surface area contributed by atoms with E-state index in [1.807, 2.05) is 36.2 Å². The summed E-state index contributed by atoms with van der Waals surface area (Å²) in [5.41, 5.74) is 3.85. The third-order valence-electron chi connectivity index (χ3n) is 4.04. The lowest BCUT2D eigenvalue weighted by atomic mass is 10.1. The van der Waals surface area contributed by atoms with Crippen LogP contribution in [0.4, 0.5) is 15.8 Å². The quantitative estimate of drug-likeness (QED) is 0.887. The molecule has 0 heterocycles. The van der Waals surface area contributed by atoms with Crippen LogP contribution in [0.25, 0.3) is 0 Å². The van der Waals surface area contributed by atoms with Crippen molar-refractivity contribution in [1.29, 1.82) is 0 Å². The molecule has 0 amide bonds. The van der Waals surface area contributed by atoms with Crippen molar-refractivity contribution in [2.45, 2.75) is 32.4 Å². The third-order valence-corrected chi connectivity index (χ3v) is 4.04. The molecule has 0 aliphatic heterocycles. The van der Waals surface area contributed by atoms with Crippen LogP contribution in [0.3, 0.4) is 0 Å². The second kappa shape index (κ2) is 5.86. The van der Waals surface area contributed by atoms with Gasteiger partial charge in [0.25, 0.3) is 0 Å². The molecular formula is C18H21FN2. The fraction of sp³-hybridized carbons (Fsp3) is 0.333. The lowest BCUT2D eigenvalue weighted by molar-refractivity contribution is 0.619. The maximum absolute atomic E-state index is 14.4. The normalized spacial score (nSPS) is 14.2. The zero-order valence-electron chi connectivity index (χ0n) is 12.6. The fourth-order valence-electron chi connectivity index (χ4n) is 2.68. The summed E-state index contributed by atoms with van der Waals surface area (Å²) in [5.74, 6) is -0.171. The van der Waals surface area contributed by atoms with Crippen LogP contribution in [0.15, 0.2) is 42.5 Å². The molecule has 2 aromatic rings. The molecule has 0 saturated heterocycles. The highest BCUT2D eigenvalue weighted by molar-refractivity contribution is 5.68. The van der Waals surface area contributed by atoms with Crippen molar-refractivity contribution in [2.24, 2.45) is 0 Å². The van der Waals surface area contributed by atoms with Crippen LogP contribution in [-0.4, -0.2) is 13.1 Å². The third kappa shape index (κ3) is 3.08. The molecule has 1 N–H and O–H groups in total. The first-order valence-electron chi connectivity index (χ1n) is 7.47. The van der Waals surface area contributed by atoms with Crippen LogP contribution in [0.1, 0.15) is 24.0 Å². The molecule has 0 bridgehead atoms. The Morgan fingerprint density at radius 2 is 1.90 bits per heavy atom. The molecular weight excluding hydrogens is 263 g/mol. The largest absolute Gasteiger partial charge is 0.342 e. The summed E-state index contributed by atoms with van der Waals surface area (Å²) in [4.78, 5) is 1.95. The number of aryl methyl sites for hydroxylation is 1. The number of rotatable bonds is 5. The summed E-state index contributed by atoms with van der Waals surface area (Å²) in [6.45, 7) is 2.77. The predicted molar refractivity (Wildman–Crippen MR) is 85.5 cm³/mol. The molecule has 1 aliphatic carbocycles. The molecule has 1 aliphatic rings. The number of hydrogen-bond donors (Lipinski definition) is 1. The Bertz CT molecular complexity index is 635. The molecule has 2 aromatic carbocycles. The number of nitrogens with one attached hydrogen (secondary N) is 1. The minimum Gasteiger partial charge on any atom is -0.342 e. The number of halogens is 1. The van der Waals surface area contributed by atoms with E-state index in [9.17, 15) is 4.39 Å². The van der Waals surface area contributed by atoms with Crippen molar-refractivity contribution in [1.82, 2.24) is 5.32 Å². The molecule has 3 rings (SSSR count). The molecule has 2 nitrogen and oxygen atoms in total. The smallest absolute Gasteiger partial charge is 0.147 e. The van der Waals surface area contributed by atoms with Crippen LogP contribution in [-0.2, 0) is 6.54 Å². The van der Waals surface area contributed by atoms with Gasteiger partial charge < -0.3 is 10.2 Å². The van der Waals surface area contributed by atoms with E-state index in [1.54, 1.807) is 6.07 Å². The van der Waals surface area contributed by atoms with Crippen molar-refractivity contribution in [3.63, 3.8) is 0 Å². The van der Waals surface area contributed by atoms with E-state index < -0.39 is 0 Å². The molecule has 110 valence electrons. The van der Waals surface area contributed by atoms with Gasteiger partial charge in [0.2, 0.25) is 0 Å². The van der Waals surface area contributed by atoms with E-state index in [2.05, 4.69) is 18.3 Å². The highest BCUT2D eigenvalue weighted by Gasteiger charge is 2.22. The zero-order chi connectivity index (χ0) is 14.8. The summed E-state index contributed by atoms with van der Waals surface area (Å²) in [6.07, 6.45) is 2.47. The first-order valence-corrected chi connectivity index (χ1v) is 7.47. The van der Waals surface area contributed by atoms with Gasteiger partial charge in [-0.05, 0) is 43.0 Å². The van der Waals surface area contributed by atoms with Crippen LogP contribution < -0.4 is 10.2 Å². The van der Waals surface area contributed by atoms with Gasteiger partial charge in [0, 0.05) is 25.3 Å². The van der Waals surface area contributed by atoms with Crippen LogP contribution in [0, 0.1) is 12.7 Å². The lowest BCUT2D eigenvalue weighted by Gasteiger charge is -2.25. The first kappa shape index (κ1) is 14.1. The summed E-state index contributed by atoms with van der Waals surface area (Å²) < 4.78 is 14.4. The van der Waals surface area contributed by atoms with E-state index in [-0.39, 0.29) is 5.82 Å². The highest BCUT2D eigenvalue weighted by atomic mass is 19.1. The second-order valence-corrected chi connectivity index (χ2v) is 5.75. The van der Waals surface area contributed by atoms with Crippen molar-refractivity contribution >= 4 is 11.4 Å². The number of hydrogen-bond acceptors (Lipinski definition) is 2. The van der Waals surface area contributed by atoms with Gasteiger partial charge in [-0.3, -0.25) is 0 Å². The molecule has 1 fully saturated rings. The van der Waals surface area contributed by atoms with Gasteiger partial charge in [0.1, 0.15) is 5.82 Å². The Hall–Kier alpha value is -1.87. The van der Waals surface area contributed by atoms with E-state index in [0.29, 0.717) is 18.3 Å². The van der Waals surface area contributed by atoms with Crippen molar-refractivity contribution in [3.05, 3.63) is 59.4 Å². The lowest BCUT2D eigenvalue weighted by Crippen LogP contribution is -2.20. The molecule has 0 radical (unpaired) electrons. The van der Waals surface area contributed by atoms with Crippen LogP contribution >= 0.6 is 0 Å². The molecule has 0 spiro atoms. The number of benzene rings is 2. The Balaban J connectivity index is 1.93. The summed E-state index contributed by atoms with van der Waals surface area (Å²) in [7, 11) is 1.93. The maximum atomic E-state index is 14.4. The highest BCUT2D eigenvalue weighted by Crippen LogP contribution is 2.32. The van der Waals surface area contributed by atoms with E-state index >= 15 is 0 Å². The standard InChI is InChI=1S/C18H21FN2/c1-13-6-3-4-9-17(13)21(2)18-14(7-5-8-16(18)19)12-20-15-10-11-15/h3-9,15,20H,10-12H2,1-2H3. The van der Waals surface area contributed by atoms with Crippen molar-refractivity contribution in [2.75, 3.05) is 11.9 Å². The molecule has 0 unspecified atom stereocenters. The predicted octanol–water partition coefficient (Wildman–Crippen LogP) is 4.15. The Morgan fingerprint density at radius 3 is 2.62 bits per heavy atom. The number of nitrogens with zero attached hydrogens (tertiary/aromatic N) is 1. The summed E-state index contributed by atoms with van der Waals surface area (Å²) >= 11 is 0. The Kier molecular flexibility index (Phi) is 3.93. The van der Waals surface area contributed by atoms with Gasteiger partial charge in [-0.2, -0.15) is 0 Å². The van der Waals surface area contributed by atoms with Gasteiger partial charge in [-0.15, -0.1) is 0 Å². The minimum atomic E-state index is -0.171. The van der Waals surface area contributed by atoms with Crippen molar-refractivity contribution < 1.29 is 4.39 Å². The van der Waals surface area contributed by atoms with E-state index in [4.69, 9.17) is 0 Å². The van der Waals surface area contributed by atoms with Gasteiger partial charge in [0.05, 0.1) is 5.69 Å². The molecule has 3 heteroatoms. The van der Waals surface area contributed by atoms with Gasteiger partial charge in [-0.25, -0.2) is 4.39 Å². The summed E-state index contributed by atoms with van der Waals surface area (Å²) in [6, 6.07) is 14.0. The topological polar surface area (TPSA) is 15.3 Å². The van der Waals surface area contributed by atoms with E-state index in [0.717, 1.165) is 16.8 Å². The molecule has 1 saturated carbocycles. The average molecular weight is 284 g/mol. The van der Waals surface area contributed by atoms with Gasteiger partial charge >= 0.3 is 0 Å². The first-order chi connectivity index (χ1) is 10.2. The van der Waals surface area contributed by atoms with Crippen molar-refractivity contribution in [3.8, 4) is 0 Å². The maximum Gasteiger partial charge on any atom is 0.147 e. The van der Waals surface area contributed by atoms with Crippen LogP contribution in [0.5, 0.6) is 0 Å². The molecule has 0 aromatic heterocycles. The Morgan fingerprint density at radius 1 is 1.14 bits per heavy atom. The van der Waals surface area contributed by atoms with Gasteiger partial charge in [-0.1, -0.05) is 30.3 Å². The second-order valence-electron chi connectivity index (χ2n) is 5.75. The number of para-hydroxylation sites is 2. The molecule has 0 atom stereocenters. The van der Waals surface area contributed by atoms with Crippen LogP contribution in [0.2, 0.25) is 0 Å².